The zero-order valence-electron chi connectivity index (χ0n) is 36.7. The van der Waals surface area contributed by atoms with Crippen LogP contribution in [0.25, 0.3) is 0 Å². The lowest BCUT2D eigenvalue weighted by molar-refractivity contribution is -0.114. The Bertz CT molecular complexity index is 699. The number of carbonyl (C=O) groups is 1. The van der Waals surface area contributed by atoms with Crippen molar-refractivity contribution in [3.8, 4) is 0 Å². The molecule has 0 spiro atoms. The number of amides is 1. The molecule has 0 unspecified atom stereocenters. The number of hydrogen-bond donors (Lipinski definition) is 1. The Morgan fingerprint density at radius 2 is 0.788 bits per heavy atom. The molecule has 0 atom stereocenters. The molecule has 0 aromatic heterocycles. The summed E-state index contributed by atoms with van der Waals surface area (Å²) in [4.78, 5) is 12.8. The zero-order valence-corrected chi connectivity index (χ0v) is 36.7. The lowest BCUT2D eigenvalue weighted by Crippen LogP contribution is -2.36. The fraction of sp³-hybridized carbons (Fsp3) is 0.979. The Hall–Kier alpha value is -0.810. The molecule has 0 fully saturated rings. The Balaban J connectivity index is 4.22. The van der Waals surface area contributed by atoms with Crippen molar-refractivity contribution in [3.63, 3.8) is 0 Å². The van der Waals surface area contributed by atoms with Gasteiger partial charge in [-0.1, -0.05) is 194 Å². The van der Waals surface area contributed by atoms with E-state index in [0.29, 0.717) is 19.8 Å². The molecule has 5 heteroatoms. The molecule has 0 aliphatic rings. The maximum absolute atomic E-state index is 12.8. The highest BCUT2D eigenvalue weighted by atomic mass is 16.6. The van der Waals surface area contributed by atoms with E-state index in [1.165, 1.54) is 180 Å². The summed E-state index contributed by atoms with van der Waals surface area (Å²) in [5.41, 5.74) is -0.527. The molecule has 1 amide bonds. The summed E-state index contributed by atoms with van der Waals surface area (Å²) in [6.07, 6.45) is 43.7. The van der Waals surface area contributed by atoms with Crippen LogP contribution in [0.2, 0.25) is 0 Å². The van der Waals surface area contributed by atoms with E-state index in [-0.39, 0.29) is 23.4 Å². The fourth-order valence-electron chi connectivity index (χ4n) is 6.98. The summed E-state index contributed by atoms with van der Waals surface area (Å²) in [7, 11) is 0. The highest BCUT2D eigenvalue weighted by molar-refractivity contribution is 5.67. The number of rotatable bonds is 40. The van der Waals surface area contributed by atoms with Gasteiger partial charge >= 0.3 is 6.09 Å². The lowest BCUT2D eigenvalue weighted by atomic mass is 10.0. The maximum Gasteiger partial charge on any atom is 0.407 e. The van der Waals surface area contributed by atoms with Crippen molar-refractivity contribution in [3.05, 3.63) is 0 Å². The Morgan fingerprint density at radius 1 is 0.462 bits per heavy atom. The molecule has 0 aliphatic carbocycles. The van der Waals surface area contributed by atoms with Crippen LogP contribution in [0.4, 0.5) is 4.79 Å². The third kappa shape index (κ3) is 40.4. The SMILES string of the molecule is CCCCCCCCCCCCCCCCCC(CCCCCCCCCCCCCCCCC)OC(=O)NCCCOC(C)(C)COC(C)(C)C. The number of unbranched alkanes of at least 4 members (excludes halogenated alkanes) is 28. The van der Waals surface area contributed by atoms with Crippen molar-refractivity contribution >= 4 is 6.09 Å². The van der Waals surface area contributed by atoms with Gasteiger partial charge in [0, 0.05) is 13.2 Å². The molecule has 0 aromatic rings. The first kappa shape index (κ1) is 51.2. The minimum absolute atomic E-state index is 0.0358. The Morgan fingerprint density at radius 3 is 1.12 bits per heavy atom. The largest absolute Gasteiger partial charge is 0.446 e. The second-order valence-corrected chi connectivity index (χ2v) is 17.8. The normalized spacial score (nSPS) is 12.2. The summed E-state index contributed by atoms with van der Waals surface area (Å²) in [6, 6.07) is 0. The van der Waals surface area contributed by atoms with Gasteiger partial charge in [-0.2, -0.15) is 0 Å². The third-order valence-corrected chi connectivity index (χ3v) is 10.5. The topological polar surface area (TPSA) is 56.8 Å². The van der Waals surface area contributed by atoms with Crippen LogP contribution >= 0.6 is 0 Å². The molecule has 0 saturated heterocycles. The van der Waals surface area contributed by atoms with Crippen molar-refractivity contribution in [2.24, 2.45) is 0 Å². The minimum Gasteiger partial charge on any atom is -0.446 e. The van der Waals surface area contributed by atoms with Gasteiger partial charge in [0.15, 0.2) is 0 Å². The van der Waals surface area contributed by atoms with Crippen LogP contribution in [0, 0.1) is 0 Å². The molecule has 0 aromatic carbocycles. The lowest BCUT2D eigenvalue weighted by Gasteiger charge is -2.30. The summed E-state index contributed by atoms with van der Waals surface area (Å²) in [6.45, 7) is 16.6. The average molecular weight is 738 g/mol. The van der Waals surface area contributed by atoms with Crippen LogP contribution in [-0.4, -0.2) is 43.2 Å². The molecule has 0 heterocycles. The van der Waals surface area contributed by atoms with E-state index in [1.807, 2.05) is 0 Å². The van der Waals surface area contributed by atoms with Gasteiger partial charge in [-0.3, -0.25) is 0 Å². The van der Waals surface area contributed by atoms with Gasteiger partial charge in [-0.25, -0.2) is 4.79 Å². The van der Waals surface area contributed by atoms with Crippen molar-refractivity contribution in [1.29, 1.82) is 0 Å². The number of ether oxygens (including phenoxy) is 3. The van der Waals surface area contributed by atoms with Gasteiger partial charge < -0.3 is 19.5 Å². The molecule has 52 heavy (non-hydrogen) atoms. The van der Waals surface area contributed by atoms with Crippen molar-refractivity contribution < 1.29 is 19.0 Å². The Kier molecular flexibility index (Phi) is 36.6. The predicted octanol–water partition coefficient (Wildman–Crippen LogP) is 15.6. The quantitative estimate of drug-likeness (QED) is 0.0636. The molecule has 5 nitrogen and oxygen atoms in total. The van der Waals surface area contributed by atoms with Crippen LogP contribution in [0.15, 0.2) is 0 Å². The van der Waals surface area contributed by atoms with Crippen molar-refractivity contribution in [2.75, 3.05) is 19.8 Å². The number of nitrogens with one attached hydrogen (secondary N) is 1. The van der Waals surface area contributed by atoms with E-state index in [1.54, 1.807) is 0 Å². The zero-order chi connectivity index (χ0) is 38.4. The number of hydrogen-bond acceptors (Lipinski definition) is 4. The number of carbonyl (C=O) groups excluding carboxylic acids is 1. The average Bonchev–Trinajstić information content (AvgIpc) is 3.10. The van der Waals surface area contributed by atoms with E-state index in [2.05, 4.69) is 53.8 Å². The van der Waals surface area contributed by atoms with E-state index < -0.39 is 0 Å². The van der Waals surface area contributed by atoms with Gasteiger partial charge in [-0.05, 0) is 66.7 Å². The van der Waals surface area contributed by atoms with Crippen LogP contribution in [0.5, 0.6) is 0 Å². The van der Waals surface area contributed by atoms with Crippen molar-refractivity contribution in [1.82, 2.24) is 5.32 Å². The monoisotopic (exact) mass is 738 g/mol. The molecular weight excluding hydrogens is 643 g/mol. The first-order valence-electron chi connectivity index (χ1n) is 23.3. The van der Waals surface area contributed by atoms with E-state index in [4.69, 9.17) is 14.2 Å². The number of alkyl carbamates (subject to hydrolysis) is 1. The van der Waals surface area contributed by atoms with Crippen LogP contribution in [0.3, 0.4) is 0 Å². The van der Waals surface area contributed by atoms with Gasteiger partial charge in [0.05, 0.1) is 17.8 Å². The second kappa shape index (κ2) is 37.1. The smallest absolute Gasteiger partial charge is 0.407 e. The van der Waals surface area contributed by atoms with E-state index in [0.717, 1.165) is 32.1 Å². The first-order chi connectivity index (χ1) is 25.1. The summed E-state index contributed by atoms with van der Waals surface area (Å²) < 4.78 is 18.0. The molecule has 0 bridgehead atoms. The second-order valence-electron chi connectivity index (χ2n) is 17.8. The van der Waals surface area contributed by atoms with Gasteiger partial charge in [0.2, 0.25) is 0 Å². The van der Waals surface area contributed by atoms with Gasteiger partial charge in [0.1, 0.15) is 6.10 Å². The third-order valence-electron chi connectivity index (χ3n) is 10.5. The van der Waals surface area contributed by atoms with Gasteiger partial charge in [-0.15, -0.1) is 0 Å². The van der Waals surface area contributed by atoms with Crippen LogP contribution in [0.1, 0.15) is 260 Å². The first-order valence-corrected chi connectivity index (χ1v) is 23.3. The summed E-state index contributed by atoms with van der Waals surface area (Å²) in [5, 5.41) is 2.99. The molecule has 0 aliphatic heterocycles. The van der Waals surface area contributed by atoms with E-state index >= 15 is 0 Å². The summed E-state index contributed by atoms with van der Waals surface area (Å²) >= 11 is 0. The molecule has 312 valence electrons. The fourth-order valence-corrected chi connectivity index (χ4v) is 6.98. The molecule has 0 rings (SSSR count). The molecule has 1 N–H and O–H groups in total. The van der Waals surface area contributed by atoms with E-state index in [9.17, 15) is 4.79 Å². The standard InChI is InChI=1S/C47H95NO4/c1-8-10-12-14-16-18-20-22-24-26-28-30-32-34-36-39-44(40-37-35-33-31-29-27-25-23-21-19-17-15-13-11-9-2)52-45(49)48-41-38-42-50-47(6,7)43-51-46(3,4)5/h44H,8-43H2,1-7H3,(H,48,49). The van der Waals surface area contributed by atoms with Crippen LogP contribution in [-0.2, 0) is 14.2 Å². The van der Waals surface area contributed by atoms with Crippen LogP contribution < -0.4 is 5.32 Å². The van der Waals surface area contributed by atoms with Crippen molar-refractivity contribution in [2.45, 2.75) is 278 Å². The summed E-state index contributed by atoms with van der Waals surface area (Å²) in [5.74, 6) is 0. The predicted molar refractivity (Wildman–Crippen MR) is 228 cm³/mol. The Labute approximate surface area is 327 Å². The molecular formula is C47H95NO4. The van der Waals surface area contributed by atoms with Gasteiger partial charge in [0.25, 0.3) is 0 Å². The molecule has 0 saturated carbocycles. The minimum atomic E-state index is -0.348. The maximum atomic E-state index is 12.8. The molecule has 0 radical (unpaired) electrons. The highest BCUT2D eigenvalue weighted by Crippen LogP contribution is 2.20. The highest BCUT2D eigenvalue weighted by Gasteiger charge is 2.22.